The van der Waals surface area contributed by atoms with E-state index in [9.17, 15) is 10.2 Å². The van der Waals surface area contributed by atoms with Crippen molar-refractivity contribution in [1.82, 2.24) is 10.2 Å². The number of aliphatic hydroxyl groups excluding tert-OH is 3. The van der Waals surface area contributed by atoms with Gasteiger partial charge in [-0.15, -0.1) is 0 Å². The van der Waals surface area contributed by atoms with Gasteiger partial charge >= 0.3 is 0 Å². The topological polar surface area (TPSA) is 76.0 Å². The first-order valence-corrected chi connectivity index (χ1v) is 5.92. The van der Waals surface area contributed by atoms with Crippen LogP contribution >= 0.6 is 0 Å². The Morgan fingerprint density at radius 1 is 1.47 bits per heavy atom. The normalized spacial score (nSPS) is 38.0. The van der Waals surface area contributed by atoms with Crippen LogP contribution in [0.25, 0.3) is 0 Å². The molecule has 0 saturated heterocycles. The lowest BCUT2D eigenvalue weighted by Gasteiger charge is -2.36. The Kier molecular flexibility index (Phi) is 3.42. The van der Waals surface area contributed by atoms with E-state index in [1.165, 1.54) is 0 Å². The second kappa shape index (κ2) is 4.68. The van der Waals surface area contributed by atoms with Gasteiger partial charge in [0.15, 0.2) is 0 Å². The lowest BCUT2D eigenvalue weighted by Crippen LogP contribution is -2.44. The van der Waals surface area contributed by atoms with E-state index in [0.29, 0.717) is 12.2 Å². The number of nitrogens with zero attached hydrogens (tertiary/aromatic N) is 1. The molecule has 2 rings (SSSR count). The highest BCUT2D eigenvalue weighted by Crippen LogP contribution is 2.32. The number of rotatable bonds is 2. The van der Waals surface area contributed by atoms with Gasteiger partial charge in [-0.2, -0.15) is 0 Å². The van der Waals surface area contributed by atoms with Crippen LogP contribution in [-0.4, -0.2) is 45.2 Å². The number of hydrogen-bond donors (Lipinski definition) is 4. The molecule has 0 amide bonds. The summed E-state index contributed by atoms with van der Waals surface area (Å²) in [7, 11) is 0. The SMILES string of the molecule is C=C1NC(O)C(C)=CN1C1CC(O)C(CO)C1. The number of aliphatic hydroxyl groups is 3. The third-order valence-electron chi connectivity index (χ3n) is 3.65. The molecule has 1 heterocycles. The number of nitrogens with one attached hydrogen (secondary N) is 1. The highest BCUT2D eigenvalue weighted by molar-refractivity contribution is 5.17. The Labute approximate surface area is 101 Å². The van der Waals surface area contributed by atoms with Crippen LogP contribution in [0, 0.1) is 5.92 Å². The summed E-state index contributed by atoms with van der Waals surface area (Å²) in [5.41, 5.74) is 0.819. The van der Waals surface area contributed by atoms with E-state index in [4.69, 9.17) is 5.11 Å². The van der Waals surface area contributed by atoms with Crippen molar-refractivity contribution in [3.63, 3.8) is 0 Å². The lowest BCUT2D eigenvalue weighted by molar-refractivity contribution is 0.0903. The highest BCUT2D eigenvalue weighted by atomic mass is 16.3. The highest BCUT2D eigenvalue weighted by Gasteiger charge is 2.37. The first kappa shape index (κ1) is 12.4. The van der Waals surface area contributed by atoms with E-state index >= 15 is 0 Å². The van der Waals surface area contributed by atoms with Crippen molar-refractivity contribution in [3.05, 3.63) is 24.2 Å². The van der Waals surface area contributed by atoms with E-state index in [0.717, 1.165) is 12.0 Å². The Morgan fingerprint density at radius 3 is 2.76 bits per heavy atom. The second-order valence-electron chi connectivity index (χ2n) is 4.91. The van der Waals surface area contributed by atoms with Crippen LogP contribution in [0.1, 0.15) is 19.8 Å². The molecule has 1 aliphatic heterocycles. The van der Waals surface area contributed by atoms with Crippen molar-refractivity contribution in [2.75, 3.05) is 6.61 Å². The molecule has 1 saturated carbocycles. The molecule has 0 spiro atoms. The summed E-state index contributed by atoms with van der Waals surface area (Å²) in [4.78, 5) is 1.95. The van der Waals surface area contributed by atoms with Crippen LogP contribution in [0.15, 0.2) is 24.2 Å². The van der Waals surface area contributed by atoms with Crippen molar-refractivity contribution in [3.8, 4) is 0 Å². The Balaban J connectivity index is 2.11. The van der Waals surface area contributed by atoms with E-state index in [-0.39, 0.29) is 18.6 Å². The minimum Gasteiger partial charge on any atom is -0.396 e. The first-order chi connectivity index (χ1) is 8.02. The van der Waals surface area contributed by atoms with Crippen LogP contribution in [0.3, 0.4) is 0 Å². The minimum atomic E-state index is -0.682. The van der Waals surface area contributed by atoms with E-state index in [2.05, 4.69) is 11.9 Å². The molecule has 5 nitrogen and oxygen atoms in total. The largest absolute Gasteiger partial charge is 0.396 e. The average molecular weight is 240 g/mol. The lowest BCUT2D eigenvalue weighted by atomic mass is 10.1. The maximum atomic E-state index is 9.79. The summed E-state index contributed by atoms with van der Waals surface area (Å²) in [6.45, 7) is 5.72. The van der Waals surface area contributed by atoms with E-state index in [1.54, 1.807) is 0 Å². The quantitative estimate of drug-likeness (QED) is 0.534. The molecule has 0 radical (unpaired) electrons. The average Bonchev–Trinajstić information content (AvgIpc) is 2.65. The van der Waals surface area contributed by atoms with Crippen LogP contribution < -0.4 is 5.32 Å². The van der Waals surface area contributed by atoms with Crippen molar-refractivity contribution in [2.45, 2.75) is 38.1 Å². The Bertz CT molecular complexity index is 343. The smallest absolute Gasteiger partial charge is 0.149 e. The molecule has 0 aromatic rings. The van der Waals surface area contributed by atoms with Crippen molar-refractivity contribution >= 4 is 0 Å². The summed E-state index contributed by atoms with van der Waals surface area (Å²) >= 11 is 0. The molecule has 17 heavy (non-hydrogen) atoms. The Morgan fingerprint density at radius 2 is 2.18 bits per heavy atom. The van der Waals surface area contributed by atoms with Gasteiger partial charge in [-0.05, 0) is 25.3 Å². The van der Waals surface area contributed by atoms with Gasteiger partial charge in [0.1, 0.15) is 12.0 Å². The first-order valence-electron chi connectivity index (χ1n) is 5.92. The summed E-state index contributed by atoms with van der Waals surface area (Å²) in [5, 5.41) is 31.4. The monoisotopic (exact) mass is 240 g/mol. The third-order valence-corrected chi connectivity index (χ3v) is 3.65. The van der Waals surface area contributed by atoms with Crippen LogP contribution in [0.4, 0.5) is 0 Å². The predicted molar refractivity (Wildman–Crippen MR) is 63.5 cm³/mol. The van der Waals surface area contributed by atoms with Gasteiger partial charge < -0.3 is 25.5 Å². The molecule has 96 valence electrons. The fourth-order valence-corrected chi connectivity index (χ4v) is 2.54. The standard InChI is InChI=1S/C12H20N2O3/c1-7-5-14(8(2)13-12(7)17)10-3-9(6-15)11(16)4-10/h5,9-13,15-17H,2-4,6H2,1H3. The summed E-state index contributed by atoms with van der Waals surface area (Å²) < 4.78 is 0. The van der Waals surface area contributed by atoms with E-state index in [1.807, 2.05) is 18.0 Å². The third kappa shape index (κ3) is 2.31. The molecule has 1 aliphatic carbocycles. The zero-order valence-corrected chi connectivity index (χ0v) is 10.0. The maximum Gasteiger partial charge on any atom is 0.149 e. The zero-order chi connectivity index (χ0) is 12.6. The van der Waals surface area contributed by atoms with Gasteiger partial charge in [-0.25, -0.2) is 0 Å². The summed E-state index contributed by atoms with van der Waals surface area (Å²) in [6.07, 6.45) is 2.07. The summed E-state index contributed by atoms with van der Waals surface area (Å²) in [5.74, 6) is 0.576. The van der Waals surface area contributed by atoms with E-state index < -0.39 is 12.3 Å². The fourth-order valence-electron chi connectivity index (χ4n) is 2.54. The van der Waals surface area contributed by atoms with Gasteiger partial charge in [0.05, 0.1) is 6.10 Å². The molecule has 1 fully saturated rings. The minimum absolute atomic E-state index is 0.0106. The van der Waals surface area contributed by atoms with Gasteiger partial charge in [-0.3, -0.25) is 0 Å². The Hall–Kier alpha value is -1.04. The van der Waals surface area contributed by atoms with Crippen molar-refractivity contribution in [1.29, 1.82) is 0 Å². The van der Waals surface area contributed by atoms with Gasteiger partial charge in [0, 0.05) is 24.8 Å². The molecular formula is C12H20N2O3. The fraction of sp³-hybridized carbons (Fsp3) is 0.667. The van der Waals surface area contributed by atoms with Gasteiger partial charge in [-0.1, -0.05) is 6.58 Å². The van der Waals surface area contributed by atoms with Gasteiger partial charge in [0.2, 0.25) is 0 Å². The molecule has 4 atom stereocenters. The second-order valence-corrected chi connectivity index (χ2v) is 4.91. The molecular weight excluding hydrogens is 220 g/mol. The zero-order valence-electron chi connectivity index (χ0n) is 10.0. The maximum absolute atomic E-state index is 9.79. The molecule has 0 bridgehead atoms. The molecule has 4 unspecified atom stereocenters. The predicted octanol–water partition coefficient (Wildman–Crippen LogP) is -0.283. The molecule has 0 aromatic carbocycles. The molecule has 2 aliphatic rings. The van der Waals surface area contributed by atoms with Gasteiger partial charge in [0.25, 0.3) is 0 Å². The molecule has 0 aromatic heterocycles. The van der Waals surface area contributed by atoms with Crippen LogP contribution in [0.2, 0.25) is 0 Å². The summed E-state index contributed by atoms with van der Waals surface area (Å²) in [6, 6.07) is 0.129. The number of hydrogen-bond acceptors (Lipinski definition) is 5. The van der Waals surface area contributed by atoms with Crippen molar-refractivity contribution < 1.29 is 15.3 Å². The molecule has 4 N–H and O–H groups in total. The van der Waals surface area contributed by atoms with Crippen LogP contribution in [-0.2, 0) is 0 Å². The van der Waals surface area contributed by atoms with Crippen molar-refractivity contribution in [2.24, 2.45) is 5.92 Å². The molecule has 5 heteroatoms. The van der Waals surface area contributed by atoms with Crippen LogP contribution in [0.5, 0.6) is 0 Å².